The highest BCUT2D eigenvalue weighted by Crippen LogP contribution is 2.38. The number of ketones is 1. The van der Waals surface area contributed by atoms with Gasteiger partial charge in [-0.25, -0.2) is 4.98 Å². The summed E-state index contributed by atoms with van der Waals surface area (Å²) >= 11 is 1.41. The molecule has 0 spiro atoms. The van der Waals surface area contributed by atoms with Gasteiger partial charge in [0.25, 0.3) is 0 Å². The van der Waals surface area contributed by atoms with Crippen molar-refractivity contribution in [3.8, 4) is 12.3 Å². The molecule has 3 heteroatoms. The van der Waals surface area contributed by atoms with E-state index in [-0.39, 0.29) is 7.21 Å². The third-order valence-electron chi connectivity index (χ3n) is 4.45. The molecule has 0 radical (unpaired) electrons. The van der Waals surface area contributed by atoms with E-state index in [4.69, 9.17) is 11.4 Å². The van der Waals surface area contributed by atoms with Gasteiger partial charge in [-0.1, -0.05) is 20.8 Å². The number of Topliss-reactive ketones (excluding diaryl/α,β-unsaturated/α-hetero) is 1. The number of hydrogen-bond acceptors (Lipinski definition) is 3. The van der Waals surface area contributed by atoms with E-state index in [1.165, 1.54) is 29.0 Å². The second-order valence-electron chi connectivity index (χ2n) is 6.88. The Labute approximate surface area is 131 Å². The first kappa shape index (κ1) is 14.3. The third-order valence-corrected chi connectivity index (χ3v) is 5.50. The number of pyridine rings is 1. The van der Waals surface area contributed by atoms with Crippen LogP contribution < -0.4 is 0 Å². The molecule has 1 aliphatic rings. The zero-order valence-electron chi connectivity index (χ0n) is 12.7. The summed E-state index contributed by atoms with van der Waals surface area (Å²) < 4.78 is 0. The van der Waals surface area contributed by atoms with E-state index in [0.717, 1.165) is 23.1 Å². The van der Waals surface area contributed by atoms with Crippen LogP contribution in [0.5, 0.6) is 0 Å². The highest BCUT2D eigenvalue weighted by Gasteiger charge is 2.29. The third kappa shape index (κ3) is 2.61. The van der Waals surface area contributed by atoms with Gasteiger partial charge >= 0.3 is 0 Å². The normalized spacial score (nSPS) is 18.3. The number of aryl methyl sites for hydroxylation is 1. The average molecular weight is 299 g/mol. The lowest BCUT2D eigenvalue weighted by molar-refractivity contribution is 0.106. The maximum atomic E-state index is 11.6. The number of fused-ring (bicyclic) bond motifs is 2. The van der Waals surface area contributed by atoms with E-state index < -0.39 is 0 Å². The molecule has 2 nitrogen and oxygen atoms in total. The summed E-state index contributed by atoms with van der Waals surface area (Å²) in [5, 5.41) is 1.05. The van der Waals surface area contributed by atoms with E-state index in [9.17, 15) is 4.79 Å². The molecule has 3 rings (SSSR count). The number of carbonyl (C=O) groups is 1. The van der Waals surface area contributed by atoms with Gasteiger partial charge < -0.3 is 0 Å². The molecule has 1 aliphatic carbocycles. The van der Waals surface area contributed by atoms with Gasteiger partial charge in [-0.3, -0.25) is 4.79 Å². The van der Waals surface area contributed by atoms with E-state index in [0.29, 0.717) is 16.2 Å². The molecule has 0 saturated carbocycles. The van der Waals surface area contributed by atoms with Crippen LogP contribution in [0.2, 0.25) is 0 Å². The number of aromatic nitrogens is 1. The molecule has 0 aromatic carbocycles. The standard InChI is InChI=1S/C18H19NOS.H2/c1-5-15(20)16-10-12-8-11-9-13(18(2,3)4)6-7-14(11)19-17(12)21-16;/h1,8,10,13H,6-7,9H2,2-4H3;1H/t13-;/m0./s1. The molecule has 1 atom stereocenters. The van der Waals surface area contributed by atoms with Gasteiger partial charge in [-0.2, -0.15) is 0 Å². The molecule has 0 fully saturated rings. The fourth-order valence-corrected chi connectivity index (χ4v) is 3.98. The first-order chi connectivity index (χ1) is 9.88. The van der Waals surface area contributed by atoms with Crippen molar-refractivity contribution in [1.29, 1.82) is 0 Å². The Kier molecular flexibility index (Phi) is 3.37. The minimum absolute atomic E-state index is 0. The Balaban J connectivity index is 0.00000176. The molecule has 0 bridgehead atoms. The molecule has 0 unspecified atom stereocenters. The van der Waals surface area contributed by atoms with Crippen LogP contribution in [0.25, 0.3) is 10.2 Å². The summed E-state index contributed by atoms with van der Waals surface area (Å²) in [6.45, 7) is 6.93. The van der Waals surface area contributed by atoms with E-state index in [2.05, 4.69) is 32.8 Å². The van der Waals surface area contributed by atoms with Gasteiger partial charge in [-0.05, 0) is 54.2 Å². The largest absolute Gasteiger partial charge is 0.278 e. The monoisotopic (exact) mass is 299 g/mol. The van der Waals surface area contributed by atoms with Crippen LogP contribution in [0.4, 0.5) is 0 Å². The van der Waals surface area contributed by atoms with Crippen LogP contribution in [0.3, 0.4) is 0 Å². The van der Waals surface area contributed by atoms with Gasteiger partial charge in [0.15, 0.2) is 0 Å². The van der Waals surface area contributed by atoms with Crippen LogP contribution in [-0.4, -0.2) is 10.8 Å². The number of rotatable bonds is 1. The highest BCUT2D eigenvalue weighted by atomic mass is 32.1. The highest BCUT2D eigenvalue weighted by molar-refractivity contribution is 7.20. The van der Waals surface area contributed by atoms with Gasteiger partial charge in [0.1, 0.15) is 4.83 Å². The SMILES string of the molecule is C#CC(=O)c1cc2cc3c(nc2s1)CC[C@H](C(C)(C)C)C3.[HH]. The van der Waals surface area contributed by atoms with Gasteiger partial charge in [0.05, 0.1) is 4.88 Å². The summed E-state index contributed by atoms with van der Waals surface area (Å²) in [6.07, 6.45) is 8.50. The van der Waals surface area contributed by atoms with Crippen LogP contribution in [0, 0.1) is 23.7 Å². The van der Waals surface area contributed by atoms with Crippen molar-refractivity contribution in [3.63, 3.8) is 0 Å². The number of hydrogen-bond donors (Lipinski definition) is 0. The Bertz CT molecular complexity index is 764. The smallest absolute Gasteiger partial charge is 0.245 e. The van der Waals surface area contributed by atoms with Crippen molar-refractivity contribution in [3.05, 3.63) is 28.3 Å². The van der Waals surface area contributed by atoms with Crippen LogP contribution in [-0.2, 0) is 12.8 Å². The molecule has 2 aromatic heterocycles. The second kappa shape index (κ2) is 4.96. The van der Waals surface area contributed by atoms with Crippen molar-refractivity contribution >= 4 is 27.3 Å². The lowest BCUT2D eigenvalue weighted by Crippen LogP contribution is -2.27. The van der Waals surface area contributed by atoms with Crippen molar-refractivity contribution < 1.29 is 6.22 Å². The summed E-state index contributed by atoms with van der Waals surface area (Å²) in [4.78, 5) is 18.0. The summed E-state index contributed by atoms with van der Waals surface area (Å²) in [7, 11) is 0. The lowest BCUT2D eigenvalue weighted by atomic mass is 9.71. The Morgan fingerprint density at radius 2 is 2.24 bits per heavy atom. The van der Waals surface area contributed by atoms with Gasteiger partial charge in [0.2, 0.25) is 5.78 Å². The van der Waals surface area contributed by atoms with Crippen LogP contribution in [0.1, 0.15) is 49.5 Å². The Morgan fingerprint density at radius 1 is 1.48 bits per heavy atom. The zero-order valence-corrected chi connectivity index (χ0v) is 13.5. The molecule has 0 saturated heterocycles. The zero-order chi connectivity index (χ0) is 15.2. The van der Waals surface area contributed by atoms with Crippen LogP contribution in [0.15, 0.2) is 12.1 Å². The van der Waals surface area contributed by atoms with E-state index in [1.54, 1.807) is 0 Å². The minimum Gasteiger partial charge on any atom is -0.278 e. The lowest BCUT2D eigenvalue weighted by Gasteiger charge is -2.34. The fourth-order valence-electron chi connectivity index (χ4n) is 3.05. The van der Waals surface area contributed by atoms with Gasteiger partial charge in [-0.15, -0.1) is 17.8 Å². The predicted octanol–water partition coefficient (Wildman–Crippen LogP) is 4.51. The minimum atomic E-state index is -0.247. The fraction of sp³-hybridized carbons (Fsp3) is 0.444. The summed E-state index contributed by atoms with van der Waals surface area (Å²) in [6, 6.07) is 4.09. The Morgan fingerprint density at radius 3 is 2.90 bits per heavy atom. The summed E-state index contributed by atoms with van der Waals surface area (Å²) in [5.74, 6) is 2.63. The molecular formula is C18H21NOS. The van der Waals surface area contributed by atoms with Crippen LogP contribution >= 0.6 is 11.3 Å². The molecule has 2 heterocycles. The maximum absolute atomic E-state index is 11.6. The molecule has 0 amide bonds. The van der Waals surface area contributed by atoms with Crippen molar-refractivity contribution in [2.24, 2.45) is 11.3 Å². The second-order valence-corrected chi connectivity index (χ2v) is 7.91. The first-order valence-corrected chi connectivity index (χ1v) is 8.13. The predicted molar refractivity (Wildman–Crippen MR) is 89.9 cm³/mol. The molecule has 110 valence electrons. The van der Waals surface area contributed by atoms with E-state index in [1.807, 2.05) is 6.07 Å². The number of thiophene rings is 1. The molecular weight excluding hydrogens is 278 g/mol. The maximum Gasteiger partial charge on any atom is 0.245 e. The molecule has 0 N–H and O–H groups in total. The van der Waals surface area contributed by atoms with Crippen molar-refractivity contribution in [1.82, 2.24) is 4.98 Å². The summed E-state index contributed by atoms with van der Waals surface area (Å²) in [5.41, 5.74) is 2.86. The molecule has 0 aliphatic heterocycles. The number of terminal acetylenes is 1. The van der Waals surface area contributed by atoms with Crippen molar-refractivity contribution in [2.45, 2.75) is 40.0 Å². The average Bonchev–Trinajstić information content (AvgIpc) is 2.84. The quantitative estimate of drug-likeness (QED) is 0.440. The molecule has 21 heavy (non-hydrogen) atoms. The van der Waals surface area contributed by atoms with E-state index >= 15 is 0 Å². The Hall–Kier alpha value is -1.66. The van der Waals surface area contributed by atoms with Gasteiger partial charge in [0, 0.05) is 12.5 Å². The molecule has 2 aromatic rings. The number of carbonyl (C=O) groups excluding carboxylic acids is 1. The first-order valence-electron chi connectivity index (χ1n) is 7.32. The topological polar surface area (TPSA) is 30.0 Å². The number of nitrogens with zero attached hydrogens (tertiary/aromatic N) is 1. The van der Waals surface area contributed by atoms with Crippen molar-refractivity contribution in [2.75, 3.05) is 0 Å².